The zero-order valence-corrected chi connectivity index (χ0v) is 13.1. The van der Waals surface area contributed by atoms with E-state index >= 15 is 0 Å². The number of hydrogen-bond acceptors (Lipinski definition) is 5. The van der Waals surface area contributed by atoms with Crippen molar-refractivity contribution < 1.29 is 19.0 Å². The molecule has 0 saturated carbocycles. The van der Waals surface area contributed by atoms with E-state index in [1.807, 2.05) is 31.1 Å². The zero-order chi connectivity index (χ0) is 16.1. The molecule has 0 aliphatic heterocycles. The normalized spacial score (nSPS) is 10.0. The second-order valence-corrected chi connectivity index (χ2v) is 4.83. The molecule has 0 aliphatic rings. The van der Waals surface area contributed by atoms with Gasteiger partial charge in [-0.2, -0.15) is 0 Å². The van der Waals surface area contributed by atoms with Crippen LogP contribution in [0.5, 0.6) is 17.2 Å². The molecule has 0 aliphatic carbocycles. The number of esters is 1. The predicted molar refractivity (Wildman–Crippen MR) is 85.3 cm³/mol. The largest absolute Gasteiger partial charge is 0.493 e. The summed E-state index contributed by atoms with van der Waals surface area (Å²) in [5.41, 5.74) is 1.38. The summed E-state index contributed by atoms with van der Waals surface area (Å²) in [6.45, 7) is 0. The van der Waals surface area contributed by atoms with Gasteiger partial charge in [0.05, 0.1) is 19.8 Å². The van der Waals surface area contributed by atoms with Crippen molar-refractivity contribution in [2.24, 2.45) is 0 Å². The standard InChI is InChI=1S/C17H19NO4/c1-18(2)13-8-5-7-12(11-13)17(19)22-16-14(20-3)9-6-10-15(16)21-4/h5-11H,1-4H3. The Bertz CT molecular complexity index is 645. The monoisotopic (exact) mass is 301 g/mol. The van der Waals surface area contributed by atoms with Gasteiger partial charge >= 0.3 is 5.97 Å². The Morgan fingerprint density at radius 1 is 0.955 bits per heavy atom. The van der Waals surface area contributed by atoms with Gasteiger partial charge in [0.25, 0.3) is 0 Å². The minimum Gasteiger partial charge on any atom is -0.493 e. The molecule has 0 bridgehead atoms. The minimum absolute atomic E-state index is 0.271. The van der Waals surface area contributed by atoms with Crippen LogP contribution in [-0.2, 0) is 0 Å². The van der Waals surface area contributed by atoms with Gasteiger partial charge in [0.1, 0.15) is 0 Å². The summed E-state index contributed by atoms with van der Waals surface area (Å²) in [5, 5.41) is 0. The molecule has 5 nitrogen and oxygen atoms in total. The summed E-state index contributed by atoms with van der Waals surface area (Å²) < 4.78 is 15.9. The molecule has 0 unspecified atom stereocenters. The maximum atomic E-state index is 12.4. The molecule has 0 radical (unpaired) electrons. The van der Waals surface area contributed by atoms with Crippen LogP contribution in [-0.4, -0.2) is 34.3 Å². The smallest absolute Gasteiger partial charge is 0.343 e. The Kier molecular flexibility index (Phi) is 4.88. The molecule has 0 heterocycles. The number of nitrogens with zero attached hydrogens (tertiary/aromatic N) is 1. The number of para-hydroxylation sites is 1. The van der Waals surface area contributed by atoms with Crippen LogP contribution in [0.3, 0.4) is 0 Å². The van der Waals surface area contributed by atoms with Gasteiger partial charge in [-0.25, -0.2) is 4.79 Å². The number of anilines is 1. The van der Waals surface area contributed by atoms with Crippen LogP contribution >= 0.6 is 0 Å². The molecule has 0 amide bonds. The Morgan fingerprint density at radius 2 is 1.55 bits per heavy atom. The zero-order valence-electron chi connectivity index (χ0n) is 13.1. The van der Waals surface area contributed by atoms with Crippen molar-refractivity contribution in [1.82, 2.24) is 0 Å². The lowest BCUT2D eigenvalue weighted by Gasteiger charge is -2.15. The van der Waals surface area contributed by atoms with Crippen molar-refractivity contribution in [2.45, 2.75) is 0 Å². The third-order valence-electron chi connectivity index (χ3n) is 3.18. The Hall–Kier alpha value is -2.69. The van der Waals surface area contributed by atoms with Gasteiger partial charge in [-0.05, 0) is 30.3 Å². The van der Waals surface area contributed by atoms with Crippen LogP contribution in [0, 0.1) is 0 Å². The Labute approximate surface area is 130 Å². The van der Waals surface area contributed by atoms with Gasteiger partial charge in [-0.1, -0.05) is 12.1 Å². The van der Waals surface area contributed by atoms with Gasteiger partial charge < -0.3 is 19.1 Å². The molecule has 2 aromatic rings. The van der Waals surface area contributed by atoms with E-state index in [9.17, 15) is 4.79 Å². The van der Waals surface area contributed by atoms with Crippen LogP contribution < -0.4 is 19.1 Å². The van der Waals surface area contributed by atoms with Gasteiger partial charge in [-0.3, -0.25) is 0 Å². The number of hydrogen-bond donors (Lipinski definition) is 0. The van der Waals surface area contributed by atoms with Gasteiger partial charge in [-0.15, -0.1) is 0 Å². The van der Waals surface area contributed by atoms with Crippen molar-refractivity contribution in [1.29, 1.82) is 0 Å². The summed E-state index contributed by atoms with van der Waals surface area (Å²) >= 11 is 0. The first-order valence-corrected chi connectivity index (χ1v) is 6.77. The average molecular weight is 301 g/mol. The summed E-state index contributed by atoms with van der Waals surface area (Å²) in [6.07, 6.45) is 0. The molecule has 22 heavy (non-hydrogen) atoms. The summed E-state index contributed by atoms with van der Waals surface area (Å²) in [5.74, 6) is 0.687. The fraction of sp³-hybridized carbons (Fsp3) is 0.235. The van der Waals surface area contributed by atoms with Crippen molar-refractivity contribution in [3.05, 3.63) is 48.0 Å². The third-order valence-corrected chi connectivity index (χ3v) is 3.18. The minimum atomic E-state index is -0.466. The quantitative estimate of drug-likeness (QED) is 0.627. The molecule has 0 aromatic heterocycles. The Morgan fingerprint density at radius 3 is 2.09 bits per heavy atom. The Balaban J connectivity index is 2.31. The van der Waals surface area contributed by atoms with E-state index in [2.05, 4.69) is 0 Å². The van der Waals surface area contributed by atoms with E-state index in [-0.39, 0.29) is 5.75 Å². The van der Waals surface area contributed by atoms with E-state index < -0.39 is 5.97 Å². The maximum absolute atomic E-state index is 12.4. The molecule has 0 saturated heterocycles. The fourth-order valence-electron chi connectivity index (χ4n) is 1.98. The van der Waals surface area contributed by atoms with E-state index in [4.69, 9.17) is 14.2 Å². The molecule has 0 N–H and O–H groups in total. The van der Waals surface area contributed by atoms with Gasteiger partial charge in [0, 0.05) is 19.8 Å². The lowest BCUT2D eigenvalue weighted by molar-refractivity contribution is 0.0724. The van der Waals surface area contributed by atoms with E-state index in [0.29, 0.717) is 17.1 Å². The van der Waals surface area contributed by atoms with Crippen LogP contribution in [0.15, 0.2) is 42.5 Å². The number of carbonyl (C=O) groups is 1. The number of methoxy groups -OCH3 is 2. The SMILES string of the molecule is COc1cccc(OC)c1OC(=O)c1cccc(N(C)C)c1. The first kappa shape index (κ1) is 15.7. The maximum Gasteiger partial charge on any atom is 0.343 e. The molecular weight excluding hydrogens is 282 g/mol. The summed E-state index contributed by atoms with van der Waals surface area (Å²) in [4.78, 5) is 14.3. The summed E-state index contributed by atoms with van der Waals surface area (Å²) in [6, 6.07) is 12.4. The second-order valence-electron chi connectivity index (χ2n) is 4.83. The van der Waals surface area contributed by atoms with E-state index in [1.54, 1.807) is 30.3 Å². The lowest BCUT2D eigenvalue weighted by atomic mass is 10.2. The highest BCUT2D eigenvalue weighted by Gasteiger charge is 2.17. The molecule has 0 atom stereocenters. The molecule has 0 fully saturated rings. The molecule has 5 heteroatoms. The molecule has 0 spiro atoms. The van der Waals surface area contributed by atoms with Crippen molar-refractivity contribution in [3.8, 4) is 17.2 Å². The molecule has 116 valence electrons. The fourth-order valence-corrected chi connectivity index (χ4v) is 1.98. The van der Waals surface area contributed by atoms with Crippen LogP contribution in [0.4, 0.5) is 5.69 Å². The highest BCUT2D eigenvalue weighted by molar-refractivity contribution is 5.92. The highest BCUT2D eigenvalue weighted by atomic mass is 16.6. The van der Waals surface area contributed by atoms with Gasteiger partial charge in [0.2, 0.25) is 5.75 Å². The van der Waals surface area contributed by atoms with E-state index in [1.165, 1.54) is 14.2 Å². The first-order chi connectivity index (χ1) is 10.6. The second kappa shape index (κ2) is 6.85. The number of rotatable bonds is 5. The van der Waals surface area contributed by atoms with Crippen molar-refractivity contribution in [2.75, 3.05) is 33.2 Å². The van der Waals surface area contributed by atoms with Crippen LogP contribution in [0.2, 0.25) is 0 Å². The first-order valence-electron chi connectivity index (χ1n) is 6.77. The molecule has 2 rings (SSSR count). The third kappa shape index (κ3) is 3.31. The molecule has 2 aromatic carbocycles. The number of ether oxygens (including phenoxy) is 3. The van der Waals surface area contributed by atoms with Crippen molar-refractivity contribution in [3.63, 3.8) is 0 Å². The lowest BCUT2D eigenvalue weighted by Crippen LogP contribution is -2.13. The molecular formula is C17H19NO4. The van der Waals surface area contributed by atoms with Crippen LogP contribution in [0.25, 0.3) is 0 Å². The summed E-state index contributed by atoms with van der Waals surface area (Å²) in [7, 11) is 6.85. The predicted octanol–water partition coefficient (Wildman–Crippen LogP) is 2.99. The topological polar surface area (TPSA) is 48.0 Å². The average Bonchev–Trinajstić information content (AvgIpc) is 2.55. The number of carbonyl (C=O) groups excluding carboxylic acids is 1. The van der Waals surface area contributed by atoms with Crippen LogP contribution in [0.1, 0.15) is 10.4 Å². The van der Waals surface area contributed by atoms with Gasteiger partial charge in [0.15, 0.2) is 11.5 Å². The highest BCUT2D eigenvalue weighted by Crippen LogP contribution is 2.37. The number of benzene rings is 2. The van der Waals surface area contributed by atoms with Crippen molar-refractivity contribution >= 4 is 11.7 Å². The van der Waals surface area contributed by atoms with E-state index in [0.717, 1.165) is 5.69 Å².